The van der Waals surface area contributed by atoms with Gasteiger partial charge in [0.05, 0.1) is 19.3 Å². The highest BCUT2D eigenvalue weighted by atomic mass is 79.9. The number of anilines is 1. The zero-order valence-corrected chi connectivity index (χ0v) is 13.7. The summed E-state index contributed by atoms with van der Waals surface area (Å²) in [6.45, 7) is 7.50. The Morgan fingerprint density at radius 1 is 1.50 bits per heavy atom. The van der Waals surface area contributed by atoms with Gasteiger partial charge in [-0.05, 0) is 17.7 Å². The number of hydrogen-bond donors (Lipinski definition) is 2. The highest BCUT2D eigenvalue weighted by Crippen LogP contribution is 2.25. The molecule has 0 aliphatic carbocycles. The Morgan fingerprint density at radius 2 is 2.30 bits per heavy atom. The van der Waals surface area contributed by atoms with E-state index in [9.17, 15) is 5.11 Å². The minimum Gasteiger partial charge on any atom is -0.394 e. The van der Waals surface area contributed by atoms with E-state index in [-0.39, 0.29) is 12.7 Å². The summed E-state index contributed by atoms with van der Waals surface area (Å²) in [5, 5.41) is 12.6. The molecule has 1 atom stereocenters. The van der Waals surface area contributed by atoms with E-state index in [0.29, 0.717) is 12.6 Å². The number of nitrogens with one attached hydrogen (secondary N) is 1. The van der Waals surface area contributed by atoms with Crippen molar-refractivity contribution in [3.63, 3.8) is 0 Å². The van der Waals surface area contributed by atoms with Gasteiger partial charge in [0.2, 0.25) is 0 Å². The summed E-state index contributed by atoms with van der Waals surface area (Å²) < 4.78 is 6.60. The van der Waals surface area contributed by atoms with E-state index < -0.39 is 0 Å². The Kier molecular flexibility index (Phi) is 5.84. The van der Waals surface area contributed by atoms with Crippen LogP contribution in [0, 0.1) is 0 Å². The van der Waals surface area contributed by atoms with E-state index in [1.807, 2.05) is 0 Å². The van der Waals surface area contributed by atoms with Crippen molar-refractivity contribution in [3.05, 3.63) is 28.2 Å². The summed E-state index contributed by atoms with van der Waals surface area (Å²) in [5.41, 5.74) is 2.43. The number of rotatable bonds is 5. The number of aliphatic hydroxyl groups is 1. The second-order valence-electron chi connectivity index (χ2n) is 5.43. The summed E-state index contributed by atoms with van der Waals surface area (Å²) in [4.78, 5) is 2.26. The van der Waals surface area contributed by atoms with Crippen molar-refractivity contribution < 1.29 is 9.84 Å². The van der Waals surface area contributed by atoms with Gasteiger partial charge in [0.15, 0.2) is 0 Å². The molecule has 0 spiro atoms. The molecule has 1 aliphatic rings. The molecule has 5 heteroatoms. The predicted molar refractivity (Wildman–Crippen MR) is 85.2 cm³/mol. The molecule has 0 aromatic heterocycles. The molecule has 0 bridgehead atoms. The minimum absolute atomic E-state index is 0.0774. The number of aliphatic hydroxyl groups excluding tert-OH is 1. The summed E-state index contributed by atoms with van der Waals surface area (Å²) in [6.07, 6.45) is -0.0789. The Labute approximate surface area is 129 Å². The van der Waals surface area contributed by atoms with Crippen LogP contribution in [0.1, 0.15) is 19.4 Å². The van der Waals surface area contributed by atoms with Gasteiger partial charge >= 0.3 is 0 Å². The highest BCUT2D eigenvalue weighted by Gasteiger charge is 2.20. The molecule has 0 radical (unpaired) electrons. The standard InChI is InChI=1S/C15H23BrN2O2/c1-11(2)17-8-12-3-4-13(7-15(12)16)18-5-6-20-14(9-18)10-19/h3-4,7,11,14,17,19H,5-6,8-10H2,1-2H3. The predicted octanol–water partition coefficient (Wildman–Crippen LogP) is 2.14. The second-order valence-corrected chi connectivity index (χ2v) is 6.29. The topological polar surface area (TPSA) is 44.7 Å². The van der Waals surface area contributed by atoms with Crippen molar-refractivity contribution in [2.45, 2.75) is 32.5 Å². The van der Waals surface area contributed by atoms with Gasteiger partial charge in [-0.15, -0.1) is 0 Å². The first-order valence-corrected chi connectivity index (χ1v) is 7.88. The largest absolute Gasteiger partial charge is 0.394 e. The Hall–Kier alpha value is -0.620. The lowest BCUT2D eigenvalue weighted by Crippen LogP contribution is -2.44. The molecule has 0 amide bonds. The number of nitrogens with zero attached hydrogens (tertiary/aromatic N) is 1. The summed E-state index contributed by atoms with van der Waals surface area (Å²) in [5.74, 6) is 0. The van der Waals surface area contributed by atoms with E-state index in [1.54, 1.807) is 0 Å². The number of ether oxygens (including phenoxy) is 1. The summed E-state index contributed by atoms with van der Waals surface area (Å²) in [6, 6.07) is 6.92. The fourth-order valence-corrected chi connectivity index (χ4v) is 2.76. The highest BCUT2D eigenvalue weighted by molar-refractivity contribution is 9.10. The van der Waals surface area contributed by atoms with E-state index >= 15 is 0 Å². The van der Waals surface area contributed by atoms with Crippen LogP contribution in [0.4, 0.5) is 5.69 Å². The Balaban J connectivity index is 2.04. The second kappa shape index (κ2) is 7.41. The van der Waals surface area contributed by atoms with Crippen LogP contribution in [0.3, 0.4) is 0 Å². The maximum Gasteiger partial charge on any atom is 0.0980 e. The molecule has 1 aromatic carbocycles. The third kappa shape index (κ3) is 4.19. The van der Waals surface area contributed by atoms with E-state index in [1.165, 1.54) is 11.3 Å². The molecule has 1 aliphatic heterocycles. The van der Waals surface area contributed by atoms with E-state index in [2.05, 4.69) is 58.2 Å². The molecule has 1 heterocycles. The number of hydrogen-bond acceptors (Lipinski definition) is 4. The molecule has 2 N–H and O–H groups in total. The lowest BCUT2D eigenvalue weighted by Gasteiger charge is -2.34. The molecular formula is C15H23BrN2O2. The number of morpholine rings is 1. The fourth-order valence-electron chi connectivity index (χ4n) is 2.25. The van der Waals surface area contributed by atoms with Gasteiger partial charge in [-0.25, -0.2) is 0 Å². The van der Waals surface area contributed by atoms with Crippen LogP contribution in [0.2, 0.25) is 0 Å². The van der Waals surface area contributed by atoms with Crippen molar-refractivity contribution in [2.75, 3.05) is 31.2 Å². The molecule has 0 saturated carbocycles. The van der Waals surface area contributed by atoms with Gasteiger partial charge in [-0.1, -0.05) is 35.8 Å². The van der Waals surface area contributed by atoms with Crippen LogP contribution in [-0.4, -0.2) is 43.6 Å². The van der Waals surface area contributed by atoms with E-state index in [0.717, 1.165) is 24.1 Å². The van der Waals surface area contributed by atoms with Gasteiger partial charge < -0.3 is 20.1 Å². The van der Waals surface area contributed by atoms with Crippen LogP contribution < -0.4 is 10.2 Å². The first kappa shape index (κ1) is 15.8. The van der Waals surface area contributed by atoms with Crippen molar-refractivity contribution >= 4 is 21.6 Å². The van der Waals surface area contributed by atoms with Crippen LogP contribution in [0.15, 0.2) is 22.7 Å². The quantitative estimate of drug-likeness (QED) is 0.860. The average Bonchev–Trinajstić information content (AvgIpc) is 2.46. The third-order valence-electron chi connectivity index (χ3n) is 3.44. The van der Waals surface area contributed by atoms with Gasteiger partial charge in [0, 0.05) is 35.8 Å². The van der Waals surface area contributed by atoms with Crippen LogP contribution in [-0.2, 0) is 11.3 Å². The summed E-state index contributed by atoms with van der Waals surface area (Å²) in [7, 11) is 0. The molecule has 112 valence electrons. The zero-order chi connectivity index (χ0) is 14.5. The number of halogens is 1. The van der Waals surface area contributed by atoms with Gasteiger partial charge in [-0.3, -0.25) is 0 Å². The smallest absolute Gasteiger partial charge is 0.0980 e. The van der Waals surface area contributed by atoms with Crippen molar-refractivity contribution in [1.29, 1.82) is 0 Å². The lowest BCUT2D eigenvalue weighted by atomic mass is 10.1. The molecule has 4 nitrogen and oxygen atoms in total. The maximum absolute atomic E-state index is 9.21. The van der Waals surface area contributed by atoms with Crippen LogP contribution >= 0.6 is 15.9 Å². The first-order valence-electron chi connectivity index (χ1n) is 7.09. The van der Waals surface area contributed by atoms with Crippen molar-refractivity contribution in [1.82, 2.24) is 5.32 Å². The Morgan fingerprint density at radius 3 is 2.95 bits per heavy atom. The number of benzene rings is 1. The van der Waals surface area contributed by atoms with Crippen molar-refractivity contribution in [2.24, 2.45) is 0 Å². The maximum atomic E-state index is 9.21. The van der Waals surface area contributed by atoms with Gasteiger partial charge in [0.25, 0.3) is 0 Å². The SMILES string of the molecule is CC(C)NCc1ccc(N2CCOC(CO)C2)cc1Br. The van der Waals surface area contributed by atoms with Crippen LogP contribution in [0.5, 0.6) is 0 Å². The lowest BCUT2D eigenvalue weighted by molar-refractivity contribution is 0.00356. The monoisotopic (exact) mass is 342 g/mol. The third-order valence-corrected chi connectivity index (χ3v) is 4.18. The molecular weight excluding hydrogens is 320 g/mol. The molecule has 1 aromatic rings. The molecule has 1 saturated heterocycles. The Bertz CT molecular complexity index is 440. The van der Waals surface area contributed by atoms with Gasteiger partial charge in [-0.2, -0.15) is 0 Å². The normalized spacial score (nSPS) is 19.6. The molecule has 20 heavy (non-hydrogen) atoms. The molecule has 1 unspecified atom stereocenters. The fraction of sp³-hybridized carbons (Fsp3) is 0.600. The van der Waals surface area contributed by atoms with Crippen molar-refractivity contribution in [3.8, 4) is 0 Å². The minimum atomic E-state index is -0.0789. The molecule has 2 rings (SSSR count). The molecule has 1 fully saturated rings. The summed E-state index contributed by atoms with van der Waals surface area (Å²) >= 11 is 3.65. The average molecular weight is 343 g/mol. The zero-order valence-electron chi connectivity index (χ0n) is 12.1. The first-order chi connectivity index (χ1) is 9.60. The van der Waals surface area contributed by atoms with Gasteiger partial charge in [0.1, 0.15) is 0 Å². The van der Waals surface area contributed by atoms with Crippen LogP contribution in [0.25, 0.3) is 0 Å². The van der Waals surface area contributed by atoms with E-state index in [4.69, 9.17) is 4.74 Å².